The van der Waals surface area contributed by atoms with Crippen LogP contribution >= 0.6 is 0 Å². The topological polar surface area (TPSA) is 18.5 Å². The highest BCUT2D eigenvalue weighted by molar-refractivity contribution is 6.13. The predicted molar refractivity (Wildman–Crippen MR) is 90.5 cm³/mol. The third-order valence-corrected chi connectivity index (χ3v) is 4.14. The lowest BCUT2D eigenvalue weighted by molar-refractivity contribution is 0.410. The summed E-state index contributed by atoms with van der Waals surface area (Å²) in [4.78, 5) is 0. The third-order valence-electron chi connectivity index (χ3n) is 4.14. The Hall–Kier alpha value is -2.74. The van der Waals surface area contributed by atoms with Crippen molar-refractivity contribution in [3.8, 4) is 11.5 Å². The summed E-state index contributed by atoms with van der Waals surface area (Å²) >= 11 is 0. The van der Waals surface area contributed by atoms with Crippen molar-refractivity contribution in [1.29, 1.82) is 0 Å². The summed E-state index contributed by atoms with van der Waals surface area (Å²) < 4.78 is 11.0. The lowest BCUT2D eigenvalue weighted by Gasteiger charge is -2.08. The summed E-state index contributed by atoms with van der Waals surface area (Å²) in [6.45, 7) is 0. The molecule has 108 valence electrons. The van der Waals surface area contributed by atoms with E-state index >= 15 is 0 Å². The van der Waals surface area contributed by atoms with Gasteiger partial charge in [0.1, 0.15) is 11.5 Å². The van der Waals surface area contributed by atoms with Gasteiger partial charge in [0.15, 0.2) is 0 Å². The van der Waals surface area contributed by atoms with Crippen LogP contribution in [0.5, 0.6) is 11.5 Å². The Kier molecular flexibility index (Phi) is 2.90. The first-order valence-corrected chi connectivity index (χ1v) is 7.28. The molecular formula is C20H16O2. The van der Waals surface area contributed by atoms with E-state index in [4.69, 9.17) is 9.47 Å². The van der Waals surface area contributed by atoms with E-state index in [0.717, 1.165) is 22.3 Å². The van der Waals surface area contributed by atoms with Gasteiger partial charge in [-0.3, -0.25) is 0 Å². The number of ether oxygens (including phenoxy) is 2. The minimum Gasteiger partial charge on any atom is -0.496 e. The number of hydrogen-bond acceptors (Lipinski definition) is 2. The van der Waals surface area contributed by atoms with Crippen LogP contribution in [0.2, 0.25) is 0 Å². The number of methoxy groups -OCH3 is 2. The molecule has 22 heavy (non-hydrogen) atoms. The van der Waals surface area contributed by atoms with Gasteiger partial charge in [-0.1, -0.05) is 30.3 Å². The molecule has 1 aliphatic carbocycles. The highest BCUT2D eigenvalue weighted by Crippen LogP contribution is 2.48. The molecule has 0 spiro atoms. The molecule has 0 atom stereocenters. The van der Waals surface area contributed by atoms with Crippen molar-refractivity contribution < 1.29 is 9.47 Å². The number of benzene rings is 3. The average Bonchev–Trinajstić information content (AvgIpc) is 3.24. The summed E-state index contributed by atoms with van der Waals surface area (Å²) in [7, 11) is 3.40. The van der Waals surface area contributed by atoms with E-state index in [9.17, 15) is 0 Å². The molecule has 0 saturated carbocycles. The second-order valence-corrected chi connectivity index (χ2v) is 5.38. The summed E-state index contributed by atoms with van der Waals surface area (Å²) in [6.07, 6.45) is 2.22. The van der Waals surface area contributed by atoms with Crippen molar-refractivity contribution in [2.45, 2.75) is 0 Å². The Morgan fingerprint density at radius 3 is 1.77 bits per heavy atom. The first-order chi connectivity index (χ1) is 10.8. The molecule has 0 heterocycles. The Labute approximate surface area is 129 Å². The monoisotopic (exact) mass is 288 g/mol. The van der Waals surface area contributed by atoms with Crippen LogP contribution in [0.3, 0.4) is 0 Å². The maximum atomic E-state index is 5.48. The van der Waals surface area contributed by atoms with E-state index in [2.05, 4.69) is 42.5 Å². The molecule has 0 fully saturated rings. The van der Waals surface area contributed by atoms with Crippen molar-refractivity contribution in [3.63, 3.8) is 0 Å². The van der Waals surface area contributed by atoms with Gasteiger partial charge in [-0.2, -0.15) is 0 Å². The number of hydrogen-bond donors (Lipinski definition) is 0. The normalized spacial score (nSPS) is 12.0. The Morgan fingerprint density at radius 2 is 1.27 bits per heavy atom. The zero-order valence-electron chi connectivity index (χ0n) is 12.6. The van der Waals surface area contributed by atoms with Gasteiger partial charge in [-0.25, -0.2) is 0 Å². The highest BCUT2D eigenvalue weighted by Gasteiger charge is 2.27. The van der Waals surface area contributed by atoms with Crippen molar-refractivity contribution in [1.82, 2.24) is 0 Å². The zero-order valence-corrected chi connectivity index (χ0v) is 12.6. The maximum Gasteiger partial charge on any atom is 0.126 e. The molecule has 3 aromatic carbocycles. The van der Waals surface area contributed by atoms with E-state index in [1.54, 1.807) is 14.2 Å². The van der Waals surface area contributed by atoms with Crippen LogP contribution in [0, 0.1) is 0 Å². The van der Waals surface area contributed by atoms with Crippen LogP contribution in [-0.2, 0) is 0 Å². The first-order valence-electron chi connectivity index (χ1n) is 7.28. The summed E-state index contributed by atoms with van der Waals surface area (Å²) in [6, 6.07) is 18.7. The van der Waals surface area contributed by atoms with Gasteiger partial charge >= 0.3 is 0 Å². The second-order valence-electron chi connectivity index (χ2n) is 5.38. The van der Waals surface area contributed by atoms with E-state index in [1.807, 2.05) is 18.2 Å². The van der Waals surface area contributed by atoms with E-state index in [1.165, 1.54) is 22.3 Å². The fourth-order valence-electron chi connectivity index (χ4n) is 2.95. The predicted octanol–water partition coefficient (Wildman–Crippen LogP) is 4.76. The Morgan fingerprint density at radius 1 is 0.727 bits per heavy atom. The van der Waals surface area contributed by atoms with Crippen LogP contribution in [-0.4, -0.2) is 14.2 Å². The molecule has 0 aromatic heterocycles. The van der Waals surface area contributed by atoms with Crippen molar-refractivity contribution in [2.75, 3.05) is 14.2 Å². The first kappa shape index (κ1) is 13.0. The zero-order chi connectivity index (χ0) is 15.1. The van der Waals surface area contributed by atoms with Crippen LogP contribution in [0.4, 0.5) is 0 Å². The molecule has 0 N–H and O–H groups in total. The lowest BCUT2D eigenvalue weighted by Crippen LogP contribution is -1.88. The van der Waals surface area contributed by atoms with Crippen molar-refractivity contribution in [2.24, 2.45) is 0 Å². The second kappa shape index (κ2) is 4.92. The molecule has 3 aromatic rings. The highest BCUT2D eigenvalue weighted by atomic mass is 16.5. The molecule has 0 bridgehead atoms. The van der Waals surface area contributed by atoms with Gasteiger partial charge in [0, 0.05) is 10.8 Å². The standard InChI is InChI=1S/C20H16O2/c1-21-19-8-9-20(22-2)18-12-16-14(15(16)11-17(18)19)10-13-6-4-3-5-7-13/h3-12H,1-2H3. The molecule has 4 rings (SSSR count). The molecule has 0 saturated heterocycles. The van der Waals surface area contributed by atoms with Crippen LogP contribution in [0.15, 0.2) is 54.6 Å². The van der Waals surface area contributed by atoms with Gasteiger partial charge in [-0.15, -0.1) is 0 Å². The van der Waals surface area contributed by atoms with Crippen LogP contribution in [0.1, 0.15) is 16.7 Å². The molecule has 0 amide bonds. The molecule has 2 heteroatoms. The van der Waals surface area contributed by atoms with Crippen LogP contribution in [0.25, 0.3) is 22.4 Å². The smallest absolute Gasteiger partial charge is 0.126 e. The van der Waals surface area contributed by atoms with Gasteiger partial charge in [0.05, 0.1) is 14.2 Å². The minimum absolute atomic E-state index is 0.879. The van der Waals surface area contributed by atoms with E-state index in [0.29, 0.717) is 0 Å². The average molecular weight is 288 g/mol. The summed E-state index contributed by atoms with van der Waals surface area (Å²) in [5.74, 6) is 1.76. The quantitative estimate of drug-likeness (QED) is 0.541. The SMILES string of the molecule is COc1ccc(OC)c2cc3c(cc12)C3=Cc1ccccc1. The maximum absolute atomic E-state index is 5.48. The van der Waals surface area contributed by atoms with Gasteiger partial charge in [-0.05, 0) is 52.6 Å². The third kappa shape index (κ3) is 1.96. The van der Waals surface area contributed by atoms with Gasteiger partial charge < -0.3 is 9.47 Å². The van der Waals surface area contributed by atoms with Crippen LogP contribution < -0.4 is 9.47 Å². The Balaban J connectivity index is 1.87. The summed E-state index contributed by atoms with van der Waals surface area (Å²) in [5.41, 5.74) is 5.11. The van der Waals surface area contributed by atoms with E-state index in [-0.39, 0.29) is 0 Å². The van der Waals surface area contributed by atoms with E-state index < -0.39 is 0 Å². The molecule has 2 nitrogen and oxygen atoms in total. The van der Waals surface area contributed by atoms with Gasteiger partial charge in [0.25, 0.3) is 0 Å². The fourth-order valence-corrected chi connectivity index (χ4v) is 2.95. The molecule has 0 aliphatic heterocycles. The molecule has 1 aliphatic rings. The summed E-state index contributed by atoms with van der Waals surface area (Å²) in [5, 5.41) is 2.19. The minimum atomic E-state index is 0.879. The molecular weight excluding hydrogens is 272 g/mol. The largest absolute Gasteiger partial charge is 0.496 e. The fraction of sp³-hybridized carbons (Fsp3) is 0.100. The lowest BCUT2D eigenvalue weighted by atomic mass is 10.1. The number of rotatable bonds is 3. The molecule has 0 unspecified atom stereocenters. The number of fused-ring (bicyclic) bond motifs is 2. The van der Waals surface area contributed by atoms with Crippen molar-refractivity contribution in [3.05, 3.63) is 71.3 Å². The van der Waals surface area contributed by atoms with Gasteiger partial charge in [0.2, 0.25) is 0 Å². The van der Waals surface area contributed by atoms with Crippen molar-refractivity contribution >= 4 is 22.4 Å². The Bertz CT molecular complexity index is 840. The molecule has 0 radical (unpaired) electrons.